The van der Waals surface area contributed by atoms with E-state index in [0.717, 1.165) is 0 Å². The minimum Gasteiger partial charge on any atom is -0.480 e. The average molecular weight is 308 g/mol. The summed E-state index contributed by atoms with van der Waals surface area (Å²) < 4.78 is 10.4. The van der Waals surface area contributed by atoms with E-state index < -0.39 is 61.8 Å². The number of ether oxygens (including phenoxy) is 2. The van der Waals surface area contributed by atoms with Gasteiger partial charge in [0.2, 0.25) is 5.91 Å². The van der Waals surface area contributed by atoms with Gasteiger partial charge in [-0.05, 0) is 0 Å². The predicted molar refractivity (Wildman–Crippen MR) is 66.9 cm³/mol. The summed E-state index contributed by atoms with van der Waals surface area (Å²) in [5.74, 6) is -1.80. The molecule has 4 unspecified atom stereocenters. The highest BCUT2D eigenvalue weighted by molar-refractivity contribution is 5.73. The second-order valence-electron chi connectivity index (χ2n) is 4.71. The number of carbonyl (C=O) groups is 2. The van der Waals surface area contributed by atoms with Gasteiger partial charge in [-0.2, -0.15) is 0 Å². The number of hydrogen-bond acceptors (Lipinski definition) is 8. The van der Waals surface area contributed by atoms with E-state index in [1.165, 1.54) is 6.92 Å². The number of carboxylic acid groups (broad SMARTS) is 1. The molecule has 1 saturated heterocycles. The van der Waals surface area contributed by atoms with Crippen molar-refractivity contribution in [3.63, 3.8) is 0 Å². The van der Waals surface area contributed by atoms with Crippen LogP contribution in [-0.4, -0.2) is 82.2 Å². The molecule has 1 rings (SSSR count). The van der Waals surface area contributed by atoms with Crippen molar-refractivity contribution in [2.24, 2.45) is 5.73 Å². The number of aliphatic hydroxyl groups excluding tert-OH is 3. The van der Waals surface area contributed by atoms with Gasteiger partial charge in [-0.3, -0.25) is 9.59 Å². The summed E-state index contributed by atoms with van der Waals surface area (Å²) >= 11 is 0. The second kappa shape index (κ2) is 7.64. The fourth-order valence-corrected chi connectivity index (χ4v) is 1.88. The zero-order chi connectivity index (χ0) is 16.2. The fourth-order valence-electron chi connectivity index (χ4n) is 1.88. The molecule has 1 fully saturated rings. The Labute approximate surface area is 120 Å². The highest BCUT2D eigenvalue weighted by Crippen LogP contribution is 2.22. The van der Waals surface area contributed by atoms with Crippen LogP contribution < -0.4 is 11.1 Å². The van der Waals surface area contributed by atoms with E-state index in [1.54, 1.807) is 0 Å². The number of aliphatic carboxylic acids is 1. The van der Waals surface area contributed by atoms with Crippen LogP contribution in [0.3, 0.4) is 0 Å². The van der Waals surface area contributed by atoms with E-state index in [2.05, 4.69) is 5.32 Å². The van der Waals surface area contributed by atoms with Crippen LogP contribution in [0.25, 0.3) is 0 Å². The van der Waals surface area contributed by atoms with E-state index in [1.807, 2.05) is 0 Å². The van der Waals surface area contributed by atoms with Crippen LogP contribution in [0.1, 0.15) is 6.92 Å². The van der Waals surface area contributed by atoms with Gasteiger partial charge in [0.25, 0.3) is 0 Å². The molecule has 6 atom stereocenters. The molecule has 1 aliphatic rings. The van der Waals surface area contributed by atoms with Gasteiger partial charge in [0.05, 0.1) is 13.2 Å². The minimum absolute atomic E-state index is 0.433. The molecule has 21 heavy (non-hydrogen) atoms. The topological polar surface area (TPSA) is 172 Å². The fraction of sp³-hybridized carbons (Fsp3) is 0.818. The Bertz CT molecular complexity index is 379. The molecule has 10 nitrogen and oxygen atoms in total. The lowest BCUT2D eigenvalue weighted by Gasteiger charge is -2.42. The van der Waals surface area contributed by atoms with Crippen molar-refractivity contribution in [2.45, 2.75) is 43.6 Å². The lowest BCUT2D eigenvalue weighted by molar-refractivity contribution is -0.270. The van der Waals surface area contributed by atoms with E-state index in [-0.39, 0.29) is 0 Å². The average Bonchev–Trinajstić information content (AvgIpc) is 2.42. The Morgan fingerprint density at radius 2 is 2.00 bits per heavy atom. The molecule has 0 saturated carbocycles. The first kappa shape index (κ1) is 17.8. The summed E-state index contributed by atoms with van der Waals surface area (Å²) in [6, 6.07) is -2.44. The summed E-state index contributed by atoms with van der Waals surface area (Å²) in [5, 5.41) is 39.8. The van der Waals surface area contributed by atoms with Gasteiger partial charge in [0, 0.05) is 6.92 Å². The van der Waals surface area contributed by atoms with Crippen molar-refractivity contribution in [1.82, 2.24) is 5.32 Å². The number of nitrogens with two attached hydrogens (primary N) is 1. The minimum atomic E-state index is -1.45. The molecule has 7 N–H and O–H groups in total. The summed E-state index contributed by atoms with van der Waals surface area (Å²) in [6.45, 7) is 0.171. The molecule has 10 heteroatoms. The normalized spacial score (nSPS) is 34.2. The van der Waals surface area contributed by atoms with Gasteiger partial charge in [0.15, 0.2) is 6.29 Å². The smallest absolute Gasteiger partial charge is 0.322 e. The molecule has 0 aromatic heterocycles. The van der Waals surface area contributed by atoms with E-state index in [4.69, 9.17) is 25.4 Å². The molecule has 0 aromatic rings. The Kier molecular flexibility index (Phi) is 6.45. The number of carboxylic acids is 1. The summed E-state index contributed by atoms with van der Waals surface area (Å²) in [6.07, 6.45) is -5.27. The number of nitrogens with one attached hydrogen (secondary N) is 1. The van der Waals surface area contributed by atoms with Crippen LogP contribution in [0, 0.1) is 0 Å². The van der Waals surface area contributed by atoms with Gasteiger partial charge in [-0.15, -0.1) is 0 Å². The Morgan fingerprint density at radius 3 is 2.48 bits per heavy atom. The zero-order valence-corrected chi connectivity index (χ0v) is 11.4. The molecule has 0 aromatic carbocycles. The number of carbonyl (C=O) groups excluding carboxylic acids is 1. The summed E-state index contributed by atoms with van der Waals surface area (Å²) in [7, 11) is 0. The molecule has 0 spiro atoms. The molecular formula is C11H20N2O8. The first-order valence-corrected chi connectivity index (χ1v) is 6.27. The zero-order valence-electron chi connectivity index (χ0n) is 11.4. The van der Waals surface area contributed by atoms with E-state index in [0.29, 0.717) is 0 Å². The monoisotopic (exact) mass is 308 g/mol. The molecule has 0 aliphatic carbocycles. The third kappa shape index (κ3) is 4.59. The molecule has 1 amide bonds. The highest BCUT2D eigenvalue weighted by Gasteiger charge is 2.45. The summed E-state index contributed by atoms with van der Waals surface area (Å²) in [4.78, 5) is 21.7. The van der Waals surface area contributed by atoms with Gasteiger partial charge < -0.3 is 41.0 Å². The number of rotatable bonds is 6. The van der Waals surface area contributed by atoms with Crippen molar-refractivity contribution in [3.05, 3.63) is 0 Å². The van der Waals surface area contributed by atoms with Crippen LogP contribution in [0.15, 0.2) is 0 Å². The predicted octanol–water partition coefficient (Wildman–Crippen LogP) is -3.64. The Balaban J connectivity index is 2.78. The molecule has 0 bridgehead atoms. The summed E-state index contributed by atoms with van der Waals surface area (Å²) in [5.41, 5.74) is 5.28. The largest absolute Gasteiger partial charge is 0.480 e. The molecule has 122 valence electrons. The van der Waals surface area contributed by atoms with Crippen molar-refractivity contribution in [1.29, 1.82) is 0 Å². The lowest BCUT2D eigenvalue weighted by atomic mass is 9.97. The van der Waals surface area contributed by atoms with Gasteiger partial charge in [0.1, 0.15) is 30.4 Å². The third-order valence-corrected chi connectivity index (χ3v) is 3.01. The van der Waals surface area contributed by atoms with Crippen molar-refractivity contribution < 1.29 is 39.5 Å². The number of hydrogen-bond donors (Lipinski definition) is 6. The van der Waals surface area contributed by atoms with Crippen LogP contribution in [0.2, 0.25) is 0 Å². The maximum atomic E-state index is 11.1. The quantitative estimate of drug-likeness (QED) is 0.289. The SMILES string of the molecule is CC(=O)NC1C(O)C(O)C(CO)O[C@H]1OC[C@H](N)C(=O)O. The molecule has 1 aliphatic heterocycles. The Morgan fingerprint density at radius 1 is 1.38 bits per heavy atom. The second-order valence-corrected chi connectivity index (χ2v) is 4.71. The third-order valence-electron chi connectivity index (χ3n) is 3.01. The Hall–Kier alpha value is -1.30. The van der Waals surface area contributed by atoms with Crippen LogP contribution in [0.5, 0.6) is 0 Å². The van der Waals surface area contributed by atoms with Crippen LogP contribution >= 0.6 is 0 Å². The van der Waals surface area contributed by atoms with Crippen LogP contribution in [0.4, 0.5) is 0 Å². The molecular weight excluding hydrogens is 288 g/mol. The highest BCUT2D eigenvalue weighted by atomic mass is 16.7. The molecule has 1 heterocycles. The first-order valence-electron chi connectivity index (χ1n) is 6.27. The van der Waals surface area contributed by atoms with E-state index >= 15 is 0 Å². The molecule has 0 radical (unpaired) electrons. The maximum absolute atomic E-state index is 11.1. The standard InChI is InChI=1S/C11H20N2O8/c1-4(15)13-7-9(17)8(16)6(2-14)21-11(7)20-3-5(12)10(18)19/h5-9,11,14,16-17H,2-3,12H2,1H3,(H,13,15)(H,18,19)/t5-,6?,7?,8?,9?,11+/m0/s1. The number of aliphatic hydroxyl groups is 3. The lowest BCUT2D eigenvalue weighted by Crippen LogP contribution is -2.64. The van der Waals surface area contributed by atoms with E-state index in [9.17, 15) is 19.8 Å². The van der Waals surface area contributed by atoms with Crippen molar-refractivity contribution in [2.75, 3.05) is 13.2 Å². The maximum Gasteiger partial charge on any atom is 0.322 e. The van der Waals surface area contributed by atoms with Gasteiger partial charge in [-0.1, -0.05) is 0 Å². The number of amides is 1. The first-order chi connectivity index (χ1) is 9.77. The van der Waals surface area contributed by atoms with Crippen molar-refractivity contribution >= 4 is 11.9 Å². The van der Waals surface area contributed by atoms with Crippen LogP contribution in [-0.2, 0) is 19.1 Å². The van der Waals surface area contributed by atoms with Gasteiger partial charge >= 0.3 is 5.97 Å². The van der Waals surface area contributed by atoms with Crippen molar-refractivity contribution in [3.8, 4) is 0 Å². The van der Waals surface area contributed by atoms with Gasteiger partial charge in [-0.25, -0.2) is 0 Å².